The molecule has 1 aliphatic heterocycles. The smallest absolute Gasteiger partial charge is 0.338 e. The lowest BCUT2D eigenvalue weighted by atomic mass is 9.51. The maximum atomic E-state index is 13.2. The average Bonchev–Trinajstić information content (AvgIpc) is 3.16. The molecular weight excluding hydrogens is 344 g/mol. The highest BCUT2D eigenvalue weighted by atomic mass is 16.7. The Hall–Kier alpha value is -1.72. The van der Waals surface area contributed by atoms with E-state index in [0.717, 1.165) is 31.2 Å². The van der Waals surface area contributed by atoms with Gasteiger partial charge in [-0.2, -0.15) is 0 Å². The van der Waals surface area contributed by atoms with Crippen molar-refractivity contribution < 1.29 is 23.8 Å². The molecule has 146 valence electrons. The van der Waals surface area contributed by atoms with Crippen molar-refractivity contribution in [3.05, 3.63) is 35.4 Å². The summed E-state index contributed by atoms with van der Waals surface area (Å²) in [4.78, 5) is 25.2. The molecule has 1 heterocycles. The highest BCUT2D eigenvalue weighted by Gasteiger charge is 2.60. The van der Waals surface area contributed by atoms with E-state index in [9.17, 15) is 9.59 Å². The Balaban J connectivity index is 1.69. The van der Waals surface area contributed by atoms with Crippen LogP contribution in [0.4, 0.5) is 0 Å². The summed E-state index contributed by atoms with van der Waals surface area (Å²) in [7, 11) is 0. The van der Waals surface area contributed by atoms with Crippen LogP contribution in [0.3, 0.4) is 0 Å². The number of rotatable bonds is 3. The molecule has 4 rings (SSSR count). The Morgan fingerprint density at radius 2 is 1.89 bits per heavy atom. The van der Waals surface area contributed by atoms with Gasteiger partial charge in [0.2, 0.25) is 0 Å². The molecule has 1 aromatic carbocycles. The fourth-order valence-electron chi connectivity index (χ4n) is 5.58. The first-order valence-corrected chi connectivity index (χ1v) is 10.1. The van der Waals surface area contributed by atoms with Crippen LogP contribution in [0.5, 0.6) is 0 Å². The third-order valence-corrected chi connectivity index (χ3v) is 6.90. The lowest BCUT2D eigenvalue weighted by Gasteiger charge is -2.54. The summed E-state index contributed by atoms with van der Waals surface area (Å²) in [6.45, 7) is 5.58. The fraction of sp³-hybridized carbons (Fsp3) is 0.636. The average molecular weight is 372 g/mol. The van der Waals surface area contributed by atoms with Crippen molar-refractivity contribution in [3.8, 4) is 0 Å². The molecule has 2 saturated carbocycles. The maximum absolute atomic E-state index is 13.2. The third-order valence-electron chi connectivity index (χ3n) is 6.90. The topological polar surface area (TPSA) is 61.8 Å². The molecule has 5 heteroatoms. The number of ketones is 1. The zero-order valence-corrected chi connectivity index (χ0v) is 16.2. The van der Waals surface area contributed by atoms with Crippen LogP contribution >= 0.6 is 0 Å². The molecule has 2 aliphatic carbocycles. The van der Waals surface area contributed by atoms with E-state index in [1.807, 2.05) is 12.1 Å². The zero-order chi connectivity index (χ0) is 19.1. The van der Waals surface area contributed by atoms with Crippen molar-refractivity contribution in [1.29, 1.82) is 0 Å². The molecular formula is C22H28O5. The lowest BCUT2D eigenvalue weighted by molar-refractivity contribution is -0.235. The van der Waals surface area contributed by atoms with Crippen LogP contribution in [-0.2, 0) is 24.4 Å². The van der Waals surface area contributed by atoms with Gasteiger partial charge in [-0.1, -0.05) is 19.1 Å². The van der Waals surface area contributed by atoms with Crippen LogP contribution in [-0.4, -0.2) is 37.4 Å². The number of esters is 1. The van der Waals surface area contributed by atoms with Crippen molar-refractivity contribution in [1.82, 2.24) is 0 Å². The molecule has 0 N–H and O–H groups in total. The molecule has 5 nitrogen and oxygen atoms in total. The molecule has 0 bridgehead atoms. The van der Waals surface area contributed by atoms with Gasteiger partial charge >= 0.3 is 5.97 Å². The fourth-order valence-corrected chi connectivity index (χ4v) is 5.58. The number of hydrogen-bond donors (Lipinski definition) is 0. The number of benzene rings is 1. The van der Waals surface area contributed by atoms with E-state index in [1.165, 1.54) is 0 Å². The summed E-state index contributed by atoms with van der Waals surface area (Å²) in [5.74, 6) is -0.183. The molecule has 0 radical (unpaired) electrons. The molecule has 3 fully saturated rings. The highest BCUT2D eigenvalue weighted by Crippen LogP contribution is 2.57. The van der Waals surface area contributed by atoms with Gasteiger partial charge in [-0.05, 0) is 49.8 Å². The number of ether oxygens (including phenoxy) is 3. The van der Waals surface area contributed by atoms with E-state index in [4.69, 9.17) is 14.2 Å². The summed E-state index contributed by atoms with van der Waals surface area (Å²) >= 11 is 0. The molecule has 1 spiro atoms. The van der Waals surface area contributed by atoms with Crippen molar-refractivity contribution in [2.45, 2.75) is 57.2 Å². The van der Waals surface area contributed by atoms with Gasteiger partial charge in [-0.15, -0.1) is 0 Å². The van der Waals surface area contributed by atoms with Gasteiger partial charge in [0, 0.05) is 18.8 Å². The van der Waals surface area contributed by atoms with Crippen molar-refractivity contribution >= 4 is 11.8 Å². The maximum Gasteiger partial charge on any atom is 0.338 e. The largest absolute Gasteiger partial charge is 0.462 e. The molecule has 0 unspecified atom stereocenters. The molecule has 0 aromatic heterocycles. The van der Waals surface area contributed by atoms with Crippen LogP contribution in [0.1, 0.15) is 61.9 Å². The van der Waals surface area contributed by atoms with Crippen molar-refractivity contribution in [3.63, 3.8) is 0 Å². The second-order valence-electron chi connectivity index (χ2n) is 7.99. The van der Waals surface area contributed by atoms with Crippen LogP contribution in [0.2, 0.25) is 0 Å². The van der Waals surface area contributed by atoms with Crippen LogP contribution in [0.25, 0.3) is 0 Å². The molecule has 0 amide bonds. The van der Waals surface area contributed by atoms with Gasteiger partial charge in [-0.3, -0.25) is 4.79 Å². The number of carbonyl (C=O) groups excluding carboxylic acids is 2. The number of carbonyl (C=O) groups is 2. The van der Waals surface area contributed by atoms with Gasteiger partial charge in [-0.25, -0.2) is 4.79 Å². The summed E-state index contributed by atoms with van der Waals surface area (Å²) in [6, 6.07) is 7.48. The summed E-state index contributed by atoms with van der Waals surface area (Å²) in [6.07, 6.45) is 4.01. The predicted octanol–water partition coefficient (Wildman–Crippen LogP) is 3.64. The molecule has 3 aliphatic rings. The van der Waals surface area contributed by atoms with Crippen molar-refractivity contribution in [2.24, 2.45) is 11.8 Å². The highest BCUT2D eigenvalue weighted by molar-refractivity contribution is 5.93. The number of fused-ring (bicyclic) bond motifs is 1. The second kappa shape index (κ2) is 7.02. The Morgan fingerprint density at radius 1 is 1.19 bits per heavy atom. The second-order valence-corrected chi connectivity index (χ2v) is 7.99. The molecule has 1 aromatic rings. The van der Waals surface area contributed by atoms with Gasteiger partial charge in [0.1, 0.15) is 5.78 Å². The normalized spacial score (nSPS) is 32.3. The number of Topliss-reactive ketones (excluding diaryl/α,β-unsaturated/α-hetero) is 1. The van der Waals surface area contributed by atoms with E-state index >= 15 is 0 Å². The minimum absolute atomic E-state index is 0.155. The predicted molar refractivity (Wildman–Crippen MR) is 99.5 cm³/mol. The third kappa shape index (κ3) is 2.83. The molecule has 3 atom stereocenters. The first-order chi connectivity index (χ1) is 13.0. The SMILES string of the molecule is CCOC(=O)c1ccc([C@@]23CCC4(OCCO4)[C@@H](C)[C@@H]2CCCC3=O)cc1. The van der Waals surface area contributed by atoms with E-state index < -0.39 is 11.2 Å². The van der Waals surface area contributed by atoms with Gasteiger partial charge < -0.3 is 14.2 Å². The van der Waals surface area contributed by atoms with Gasteiger partial charge in [0.15, 0.2) is 5.79 Å². The first kappa shape index (κ1) is 18.6. The first-order valence-electron chi connectivity index (χ1n) is 10.1. The molecule has 1 saturated heterocycles. The minimum atomic E-state index is -0.531. The summed E-state index contributed by atoms with van der Waals surface area (Å²) in [5, 5.41) is 0. The Bertz CT molecular complexity index is 719. The zero-order valence-electron chi connectivity index (χ0n) is 16.2. The Labute approximate surface area is 160 Å². The van der Waals surface area contributed by atoms with E-state index in [1.54, 1.807) is 19.1 Å². The van der Waals surface area contributed by atoms with E-state index in [-0.39, 0.29) is 17.8 Å². The standard InChI is InChI=1S/C22H28O5/c1-3-25-20(24)16-7-9-17(10-8-16)21-11-12-22(26-13-14-27-22)15(2)18(21)5-4-6-19(21)23/h7-10,15,18H,3-6,11-14H2,1-2H3/t15-,18-,21-/m0/s1. The van der Waals surface area contributed by atoms with Crippen LogP contribution < -0.4 is 0 Å². The van der Waals surface area contributed by atoms with Gasteiger partial charge in [0.05, 0.1) is 30.8 Å². The van der Waals surface area contributed by atoms with Crippen LogP contribution in [0.15, 0.2) is 24.3 Å². The minimum Gasteiger partial charge on any atom is -0.462 e. The molecule has 27 heavy (non-hydrogen) atoms. The van der Waals surface area contributed by atoms with E-state index in [2.05, 4.69) is 6.92 Å². The van der Waals surface area contributed by atoms with Gasteiger partial charge in [0.25, 0.3) is 0 Å². The lowest BCUT2D eigenvalue weighted by Crippen LogP contribution is -2.59. The van der Waals surface area contributed by atoms with Crippen LogP contribution in [0, 0.1) is 11.8 Å². The van der Waals surface area contributed by atoms with Crippen molar-refractivity contribution in [2.75, 3.05) is 19.8 Å². The monoisotopic (exact) mass is 372 g/mol. The Morgan fingerprint density at radius 3 is 2.56 bits per heavy atom. The summed E-state index contributed by atoms with van der Waals surface area (Å²) < 4.78 is 17.2. The Kier molecular flexibility index (Phi) is 4.85. The van der Waals surface area contributed by atoms with E-state index in [0.29, 0.717) is 37.6 Å². The number of hydrogen-bond acceptors (Lipinski definition) is 5. The quantitative estimate of drug-likeness (QED) is 0.758. The summed E-state index contributed by atoms with van der Waals surface area (Å²) in [5.41, 5.74) is 1.05.